The molecule has 0 aliphatic heterocycles. The molecular formula is C12H26N2O2. The van der Waals surface area contributed by atoms with Crippen LogP contribution >= 0.6 is 0 Å². The van der Waals surface area contributed by atoms with Crippen LogP contribution in [0.25, 0.3) is 0 Å². The SMILES string of the molecule is CCCC(C)(O)CNC(=O)C(C)(C)NCC. The van der Waals surface area contributed by atoms with Gasteiger partial charge in [0.15, 0.2) is 0 Å². The van der Waals surface area contributed by atoms with Crippen LogP contribution in [0.1, 0.15) is 47.5 Å². The van der Waals surface area contributed by atoms with E-state index in [1.54, 1.807) is 6.92 Å². The number of carbonyl (C=O) groups is 1. The van der Waals surface area contributed by atoms with Gasteiger partial charge in [-0.3, -0.25) is 4.79 Å². The van der Waals surface area contributed by atoms with Gasteiger partial charge in [0, 0.05) is 6.54 Å². The number of aliphatic hydroxyl groups is 1. The van der Waals surface area contributed by atoms with Crippen LogP contribution in [0.3, 0.4) is 0 Å². The lowest BCUT2D eigenvalue weighted by atomic mass is 9.99. The smallest absolute Gasteiger partial charge is 0.239 e. The molecule has 0 bridgehead atoms. The highest BCUT2D eigenvalue weighted by atomic mass is 16.3. The maximum atomic E-state index is 11.8. The predicted molar refractivity (Wildman–Crippen MR) is 66.3 cm³/mol. The van der Waals surface area contributed by atoms with Crippen molar-refractivity contribution in [2.75, 3.05) is 13.1 Å². The Labute approximate surface area is 98.8 Å². The summed E-state index contributed by atoms with van der Waals surface area (Å²) in [5, 5.41) is 15.8. The van der Waals surface area contributed by atoms with Crippen molar-refractivity contribution in [1.82, 2.24) is 10.6 Å². The fraction of sp³-hybridized carbons (Fsp3) is 0.917. The molecule has 1 amide bonds. The molecule has 0 saturated carbocycles. The van der Waals surface area contributed by atoms with Crippen molar-refractivity contribution in [3.63, 3.8) is 0 Å². The second-order valence-electron chi connectivity index (χ2n) is 5.08. The normalized spacial score (nSPS) is 15.6. The van der Waals surface area contributed by atoms with Crippen LogP contribution < -0.4 is 10.6 Å². The molecule has 0 fully saturated rings. The summed E-state index contributed by atoms with van der Waals surface area (Å²) in [6.07, 6.45) is 1.59. The van der Waals surface area contributed by atoms with Gasteiger partial charge in [-0.25, -0.2) is 0 Å². The van der Waals surface area contributed by atoms with Gasteiger partial charge in [-0.2, -0.15) is 0 Å². The highest BCUT2D eigenvalue weighted by Gasteiger charge is 2.28. The van der Waals surface area contributed by atoms with Crippen molar-refractivity contribution < 1.29 is 9.90 Å². The van der Waals surface area contributed by atoms with Crippen LogP contribution in [0.4, 0.5) is 0 Å². The monoisotopic (exact) mass is 230 g/mol. The third-order valence-electron chi connectivity index (χ3n) is 2.60. The number of likely N-dealkylation sites (N-methyl/N-ethyl adjacent to an activating group) is 1. The minimum atomic E-state index is -0.813. The molecule has 0 aromatic carbocycles. The zero-order valence-electron chi connectivity index (χ0n) is 11.2. The third-order valence-corrected chi connectivity index (χ3v) is 2.60. The number of carbonyl (C=O) groups excluding carboxylic acids is 1. The molecule has 0 saturated heterocycles. The maximum Gasteiger partial charge on any atom is 0.239 e. The molecule has 0 aliphatic rings. The number of nitrogens with one attached hydrogen (secondary N) is 2. The second kappa shape index (κ2) is 6.21. The lowest BCUT2D eigenvalue weighted by Gasteiger charge is -2.28. The molecule has 1 unspecified atom stereocenters. The lowest BCUT2D eigenvalue weighted by Crippen LogP contribution is -2.55. The molecular weight excluding hydrogens is 204 g/mol. The van der Waals surface area contributed by atoms with E-state index in [9.17, 15) is 9.90 Å². The number of hydrogen-bond acceptors (Lipinski definition) is 3. The summed E-state index contributed by atoms with van der Waals surface area (Å²) in [5.74, 6) is -0.0780. The van der Waals surface area contributed by atoms with Crippen LogP contribution in [0, 0.1) is 0 Å². The molecule has 4 nitrogen and oxygen atoms in total. The molecule has 0 heterocycles. The van der Waals surface area contributed by atoms with Gasteiger partial charge in [0.05, 0.1) is 11.1 Å². The van der Waals surface area contributed by atoms with Gasteiger partial charge in [0.25, 0.3) is 0 Å². The van der Waals surface area contributed by atoms with E-state index in [1.165, 1.54) is 0 Å². The molecule has 0 aromatic heterocycles. The van der Waals surface area contributed by atoms with Crippen LogP contribution in [0.2, 0.25) is 0 Å². The molecule has 1 atom stereocenters. The van der Waals surface area contributed by atoms with Crippen molar-refractivity contribution in [2.45, 2.75) is 58.6 Å². The van der Waals surface area contributed by atoms with Crippen molar-refractivity contribution in [3.8, 4) is 0 Å². The van der Waals surface area contributed by atoms with E-state index in [1.807, 2.05) is 27.7 Å². The number of rotatable bonds is 7. The standard InChI is InChI=1S/C12H26N2O2/c1-6-8-12(5,16)9-13-10(15)11(3,4)14-7-2/h14,16H,6-9H2,1-5H3,(H,13,15). The minimum absolute atomic E-state index is 0.0780. The predicted octanol–water partition coefficient (Wildman–Crippen LogP) is 1.04. The van der Waals surface area contributed by atoms with E-state index in [4.69, 9.17) is 0 Å². The average Bonchev–Trinajstić information content (AvgIpc) is 2.14. The van der Waals surface area contributed by atoms with Gasteiger partial charge < -0.3 is 15.7 Å². The van der Waals surface area contributed by atoms with Crippen LogP contribution in [0.15, 0.2) is 0 Å². The Morgan fingerprint density at radius 1 is 1.25 bits per heavy atom. The molecule has 16 heavy (non-hydrogen) atoms. The van der Waals surface area contributed by atoms with E-state index in [0.29, 0.717) is 13.0 Å². The Kier molecular flexibility index (Phi) is 5.97. The van der Waals surface area contributed by atoms with Crippen LogP contribution in [-0.4, -0.2) is 35.2 Å². The van der Waals surface area contributed by atoms with Gasteiger partial charge >= 0.3 is 0 Å². The summed E-state index contributed by atoms with van der Waals surface area (Å²) in [6, 6.07) is 0. The van der Waals surface area contributed by atoms with Crippen molar-refractivity contribution in [1.29, 1.82) is 0 Å². The molecule has 0 radical (unpaired) electrons. The quantitative estimate of drug-likeness (QED) is 0.612. The largest absolute Gasteiger partial charge is 0.388 e. The lowest BCUT2D eigenvalue weighted by molar-refractivity contribution is -0.127. The number of amides is 1. The topological polar surface area (TPSA) is 61.4 Å². The van der Waals surface area contributed by atoms with Gasteiger partial charge in [-0.1, -0.05) is 20.3 Å². The first kappa shape index (κ1) is 15.4. The van der Waals surface area contributed by atoms with Crippen molar-refractivity contribution in [3.05, 3.63) is 0 Å². The summed E-state index contributed by atoms with van der Waals surface area (Å²) >= 11 is 0. The third kappa shape index (κ3) is 5.47. The van der Waals surface area contributed by atoms with E-state index in [-0.39, 0.29) is 5.91 Å². The Bertz CT molecular complexity index is 225. The molecule has 0 spiro atoms. The second-order valence-corrected chi connectivity index (χ2v) is 5.08. The van der Waals surface area contributed by atoms with Gasteiger partial charge in [-0.15, -0.1) is 0 Å². The first-order chi connectivity index (χ1) is 7.25. The summed E-state index contributed by atoms with van der Waals surface area (Å²) in [6.45, 7) is 10.4. The Morgan fingerprint density at radius 2 is 1.81 bits per heavy atom. The maximum absolute atomic E-state index is 11.8. The summed E-state index contributed by atoms with van der Waals surface area (Å²) < 4.78 is 0. The average molecular weight is 230 g/mol. The minimum Gasteiger partial charge on any atom is -0.388 e. The highest BCUT2D eigenvalue weighted by Crippen LogP contribution is 2.11. The van der Waals surface area contributed by atoms with E-state index >= 15 is 0 Å². The molecule has 4 heteroatoms. The fourth-order valence-electron chi connectivity index (χ4n) is 1.64. The van der Waals surface area contributed by atoms with Crippen LogP contribution in [0.5, 0.6) is 0 Å². The first-order valence-corrected chi connectivity index (χ1v) is 6.01. The summed E-state index contributed by atoms with van der Waals surface area (Å²) in [4.78, 5) is 11.8. The molecule has 0 rings (SSSR count). The Balaban J connectivity index is 4.16. The summed E-state index contributed by atoms with van der Waals surface area (Å²) in [7, 11) is 0. The molecule has 0 aromatic rings. The molecule has 0 aliphatic carbocycles. The van der Waals surface area contributed by atoms with Crippen molar-refractivity contribution >= 4 is 5.91 Å². The molecule has 3 N–H and O–H groups in total. The zero-order chi connectivity index (χ0) is 12.8. The van der Waals surface area contributed by atoms with Crippen LogP contribution in [-0.2, 0) is 4.79 Å². The van der Waals surface area contributed by atoms with Gasteiger partial charge in [0.2, 0.25) is 5.91 Å². The summed E-state index contributed by atoms with van der Waals surface area (Å²) in [5.41, 5.74) is -1.40. The number of hydrogen-bond donors (Lipinski definition) is 3. The Hall–Kier alpha value is -0.610. The zero-order valence-corrected chi connectivity index (χ0v) is 11.2. The van der Waals surface area contributed by atoms with Gasteiger partial charge in [0.1, 0.15) is 0 Å². The van der Waals surface area contributed by atoms with Crippen molar-refractivity contribution in [2.24, 2.45) is 0 Å². The van der Waals surface area contributed by atoms with E-state index in [0.717, 1.165) is 13.0 Å². The Morgan fingerprint density at radius 3 is 2.25 bits per heavy atom. The first-order valence-electron chi connectivity index (χ1n) is 6.01. The van der Waals surface area contributed by atoms with E-state index < -0.39 is 11.1 Å². The van der Waals surface area contributed by atoms with E-state index in [2.05, 4.69) is 10.6 Å². The molecule has 96 valence electrons. The highest BCUT2D eigenvalue weighted by molar-refractivity contribution is 5.85. The van der Waals surface area contributed by atoms with Gasteiger partial charge in [-0.05, 0) is 33.7 Å². The fourth-order valence-corrected chi connectivity index (χ4v) is 1.64.